The predicted octanol–water partition coefficient (Wildman–Crippen LogP) is 5.60. The van der Waals surface area contributed by atoms with Gasteiger partial charge in [0.25, 0.3) is 15.9 Å². The van der Waals surface area contributed by atoms with Gasteiger partial charge >= 0.3 is 6.18 Å². The molecule has 6 nitrogen and oxygen atoms in total. The minimum atomic E-state index is -4.79. The number of benzene rings is 3. The van der Waals surface area contributed by atoms with Crippen LogP contribution in [0.5, 0.6) is 5.75 Å². The monoisotopic (exact) mass is 574 g/mol. The van der Waals surface area contributed by atoms with Gasteiger partial charge in [-0.3, -0.25) is 9.10 Å². The first-order valence-electron chi connectivity index (χ1n) is 11.2. The number of anilines is 1. The van der Waals surface area contributed by atoms with E-state index in [-0.39, 0.29) is 28.6 Å². The molecule has 0 aliphatic carbocycles. The van der Waals surface area contributed by atoms with Crippen LogP contribution in [0, 0.1) is 5.82 Å². The van der Waals surface area contributed by atoms with Crippen LogP contribution in [0.4, 0.5) is 27.6 Å². The molecule has 4 rings (SSSR count). The van der Waals surface area contributed by atoms with Crippen molar-refractivity contribution in [3.05, 3.63) is 77.1 Å². The lowest BCUT2D eigenvalue weighted by molar-refractivity contribution is -0.137. The summed E-state index contributed by atoms with van der Waals surface area (Å²) in [5.74, 6) is -1.62. The highest BCUT2D eigenvalue weighted by atomic mass is 35.5. The SMILES string of the molecule is CC(F)C(=O)NC[C@H]1CN(S(=O)(=O)c2cccc(C(F)(F)F)c2)c2cc(-c3cccc(F)c3Cl)ccc2O1. The number of fused-ring (bicyclic) bond motifs is 1. The number of nitrogens with zero attached hydrogens (tertiary/aromatic N) is 1. The van der Waals surface area contributed by atoms with E-state index >= 15 is 0 Å². The lowest BCUT2D eigenvalue weighted by Gasteiger charge is -2.36. The van der Waals surface area contributed by atoms with Gasteiger partial charge in [-0.15, -0.1) is 0 Å². The van der Waals surface area contributed by atoms with Crippen molar-refractivity contribution >= 4 is 33.2 Å². The third kappa shape index (κ3) is 5.56. The first kappa shape index (κ1) is 27.6. The van der Waals surface area contributed by atoms with Crippen LogP contribution in [0.1, 0.15) is 12.5 Å². The van der Waals surface area contributed by atoms with Crippen LogP contribution >= 0.6 is 11.6 Å². The van der Waals surface area contributed by atoms with Gasteiger partial charge in [0, 0.05) is 5.56 Å². The summed E-state index contributed by atoms with van der Waals surface area (Å²) in [6, 6.07) is 11.6. The van der Waals surface area contributed by atoms with Crippen LogP contribution < -0.4 is 14.4 Å². The summed E-state index contributed by atoms with van der Waals surface area (Å²) >= 11 is 6.10. The average Bonchev–Trinajstić information content (AvgIpc) is 2.87. The number of sulfonamides is 1. The number of ether oxygens (including phenoxy) is 1. The van der Waals surface area contributed by atoms with Crippen molar-refractivity contribution in [1.29, 1.82) is 0 Å². The standard InChI is InChI=1S/C25H20ClF5N2O4S/c1-14(27)24(34)32-12-17-13-33(38(35,36)18-5-2-4-16(11-18)25(29,30)31)21-10-15(8-9-22(21)37-17)19-6-3-7-20(28)23(19)26/h2-11,14,17H,12-13H2,1H3,(H,32,34)/t14?,17-/m0/s1. The molecule has 1 aliphatic heterocycles. The summed E-state index contributed by atoms with van der Waals surface area (Å²) in [6.07, 6.45) is -7.62. The number of carbonyl (C=O) groups is 1. The Kier molecular flexibility index (Phi) is 7.57. The third-order valence-electron chi connectivity index (χ3n) is 5.77. The van der Waals surface area contributed by atoms with Gasteiger partial charge in [0.05, 0.1) is 34.3 Å². The zero-order valence-corrected chi connectivity index (χ0v) is 21.2. The molecule has 0 saturated heterocycles. The zero-order chi connectivity index (χ0) is 27.8. The Morgan fingerprint density at radius 3 is 2.55 bits per heavy atom. The molecule has 38 heavy (non-hydrogen) atoms. The Balaban J connectivity index is 1.80. The molecule has 1 aliphatic rings. The van der Waals surface area contributed by atoms with Crippen LogP contribution in [-0.4, -0.2) is 39.7 Å². The number of halogens is 6. The maximum absolute atomic E-state index is 14.1. The smallest absolute Gasteiger partial charge is 0.416 e. The number of carbonyl (C=O) groups excluding carboxylic acids is 1. The summed E-state index contributed by atoms with van der Waals surface area (Å²) in [6.45, 7) is 0.321. The number of amides is 1. The van der Waals surface area contributed by atoms with E-state index in [1.54, 1.807) is 0 Å². The molecule has 0 bridgehead atoms. The maximum atomic E-state index is 14.1. The normalized spacial score (nSPS) is 16.4. The van der Waals surface area contributed by atoms with E-state index in [4.69, 9.17) is 16.3 Å². The molecule has 3 aromatic rings. The summed E-state index contributed by atoms with van der Waals surface area (Å²) in [7, 11) is -4.60. The molecular weight excluding hydrogens is 555 g/mol. The van der Waals surface area contributed by atoms with Crippen molar-refractivity contribution in [2.75, 3.05) is 17.4 Å². The van der Waals surface area contributed by atoms with Gasteiger partial charge < -0.3 is 10.1 Å². The first-order chi connectivity index (χ1) is 17.8. The predicted molar refractivity (Wildman–Crippen MR) is 131 cm³/mol. The summed E-state index contributed by atoms with van der Waals surface area (Å²) in [5, 5.41) is 2.10. The Morgan fingerprint density at radius 2 is 1.87 bits per heavy atom. The topological polar surface area (TPSA) is 75.7 Å². The van der Waals surface area contributed by atoms with E-state index in [0.29, 0.717) is 11.6 Å². The van der Waals surface area contributed by atoms with Gasteiger partial charge in [-0.2, -0.15) is 13.2 Å². The highest BCUT2D eigenvalue weighted by molar-refractivity contribution is 7.92. The van der Waals surface area contributed by atoms with Gasteiger partial charge in [0.1, 0.15) is 17.7 Å². The second-order valence-corrected chi connectivity index (χ2v) is 10.7. The molecule has 202 valence electrons. The van der Waals surface area contributed by atoms with E-state index in [2.05, 4.69) is 5.32 Å². The zero-order valence-electron chi connectivity index (χ0n) is 19.6. The van der Waals surface area contributed by atoms with Gasteiger partial charge in [-0.1, -0.05) is 35.9 Å². The molecule has 1 heterocycles. The quantitative estimate of drug-likeness (QED) is 0.389. The Bertz CT molecular complexity index is 1480. The summed E-state index contributed by atoms with van der Waals surface area (Å²) < 4.78 is 101. The number of rotatable bonds is 6. The van der Waals surface area contributed by atoms with E-state index in [1.807, 2.05) is 0 Å². The van der Waals surface area contributed by atoms with Gasteiger partial charge in [-0.25, -0.2) is 17.2 Å². The lowest BCUT2D eigenvalue weighted by atomic mass is 10.0. The Hall–Kier alpha value is -3.38. The van der Waals surface area contributed by atoms with Crippen molar-refractivity contribution < 1.29 is 39.9 Å². The van der Waals surface area contributed by atoms with Crippen LogP contribution in [-0.2, 0) is 21.0 Å². The minimum Gasteiger partial charge on any atom is -0.484 e. The maximum Gasteiger partial charge on any atom is 0.416 e. The van der Waals surface area contributed by atoms with Gasteiger partial charge in [0.15, 0.2) is 6.17 Å². The molecule has 0 fully saturated rings. The molecule has 3 aromatic carbocycles. The number of alkyl halides is 4. The van der Waals surface area contributed by atoms with E-state index in [1.165, 1.54) is 30.3 Å². The molecule has 0 saturated carbocycles. The van der Waals surface area contributed by atoms with Crippen molar-refractivity contribution in [3.8, 4) is 16.9 Å². The molecular formula is C25H20ClF5N2O4S. The van der Waals surface area contributed by atoms with Crippen LogP contribution in [0.2, 0.25) is 5.02 Å². The van der Waals surface area contributed by atoms with Crippen LogP contribution in [0.15, 0.2) is 65.6 Å². The molecule has 1 N–H and O–H groups in total. The van der Waals surface area contributed by atoms with Crippen LogP contribution in [0.3, 0.4) is 0 Å². The van der Waals surface area contributed by atoms with Gasteiger partial charge in [-0.05, 0) is 48.9 Å². The molecule has 0 radical (unpaired) electrons. The molecule has 1 amide bonds. The fourth-order valence-electron chi connectivity index (χ4n) is 3.86. The van der Waals surface area contributed by atoms with Crippen molar-refractivity contribution in [2.24, 2.45) is 0 Å². The third-order valence-corrected chi connectivity index (χ3v) is 7.93. The molecule has 1 unspecified atom stereocenters. The first-order valence-corrected chi connectivity index (χ1v) is 13.0. The summed E-state index contributed by atoms with van der Waals surface area (Å²) in [4.78, 5) is 11.1. The fraction of sp³-hybridized carbons (Fsp3) is 0.240. The molecule has 0 spiro atoms. The van der Waals surface area contributed by atoms with Crippen LogP contribution in [0.25, 0.3) is 11.1 Å². The van der Waals surface area contributed by atoms with Crippen molar-refractivity contribution in [1.82, 2.24) is 5.32 Å². The highest BCUT2D eigenvalue weighted by Gasteiger charge is 2.37. The molecule has 2 atom stereocenters. The average molecular weight is 575 g/mol. The second-order valence-electron chi connectivity index (χ2n) is 8.45. The molecule has 13 heteroatoms. The minimum absolute atomic E-state index is 0.0237. The second kappa shape index (κ2) is 10.4. The summed E-state index contributed by atoms with van der Waals surface area (Å²) in [5.41, 5.74) is -0.633. The highest BCUT2D eigenvalue weighted by Crippen LogP contribution is 2.42. The number of nitrogens with one attached hydrogen (secondary N) is 1. The van der Waals surface area contributed by atoms with Gasteiger partial charge in [0.2, 0.25) is 0 Å². The lowest BCUT2D eigenvalue weighted by Crippen LogP contribution is -2.49. The Morgan fingerprint density at radius 1 is 1.16 bits per heavy atom. The Labute approximate surface area is 220 Å². The van der Waals surface area contributed by atoms with E-state index in [0.717, 1.165) is 35.5 Å². The fourth-order valence-corrected chi connectivity index (χ4v) is 5.64. The largest absolute Gasteiger partial charge is 0.484 e. The molecule has 0 aromatic heterocycles. The number of hydrogen-bond donors (Lipinski definition) is 1. The number of hydrogen-bond acceptors (Lipinski definition) is 4. The van der Waals surface area contributed by atoms with E-state index in [9.17, 15) is 35.2 Å². The van der Waals surface area contributed by atoms with Crippen molar-refractivity contribution in [3.63, 3.8) is 0 Å². The van der Waals surface area contributed by atoms with Crippen molar-refractivity contribution in [2.45, 2.75) is 30.3 Å². The van der Waals surface area contributed by atoms with E-state index < -0.39 is 57.2 Å².